The SMILES string of the molecule is CCCCNC(=O)c1cccc(S(=O)(=O)NCCC)c1. The Bertz CT molecular complexity index is 541. The van der Waals surface area contributed by atoms with Crippen molar-refractivity contribution in [3.8, 4) is 0 Å². The van der Waals surface area contributed by atoms with Gasteiger partial charge in [-0.1, -0.05) is 26.3 Å². The zero-order chi connectivity index (χ0) is 15.0. The second-order valence-corrected chi connectivity index (χ2v) is 6.30. The molecule has 0 unspecified atom stereocenters. The molecule has 0 aliphatic heterocycles. The van der Waals surface area contributed by atoms with E-state index in [1.54, 1.807) is 12.1 Å². The molecule has 0 saturated heterocycles. The van der Waals surface area contributed by atoms with Crippen LogP contribution in [0.2, 0.25) is 0 Å². The van der Waals surface area contributed by atoms with Crippen molar-refractivity contribution < 1.29 is 13.2 Å². The summed E-state index contributed by atoms with van der Waals surface area (Å²) in [6.45, 7) is 4.91. The van der Waals surface area contributed by atoms with Crippen molar-refractivity contribution in [2.45, 2.75) is 38.0 Å². The minimum atomic E-state index is -3.53. The average molecular weight is 298 g/mol. The van der Waals surface area contributed by atoms with Gasteiger partial charge in [-0.2, -0.15) is 0 Å². The van der Waals surface area contributed by atoms with E-state index < -0.39 is 10.0 Å². The van der Waals surface area contributed by atoms with Crippen LogP contribution < -0.4 is 10.0 Å². The standard InChI is InChI=1S/C14H22N2O3S/c1-3-5-10-15-14(17)12-7-6-8-13(11-12)20(18,19)16-9-4-2/h6-8,11,16H,3-5,9-10H2,1-2H3,(H,15,17). The highest BCUT2D eigenvalue weighted by Gasteiger charge is 2.15. The first-order chi connectivity index (χ1) is 9.51. The molecule has 1 amide bonds. The fourth-order valence-electron chi connectivity index (χ4n) is 1.61. The van der Waals surface area contributed by atoms with Gasteiger partial charge in [0.15, 0.2) is 0 Å². The normalized spacial score (nSPS) is 11.3. The molecular formula is C14H22N2O3S. The number of benzene rings is 1. The van der Waals surface area contributed by atoms with E-state index in [1.165, 1.54) is 12.1 Å². The third-order valence-electron chi connectivity index (χ3n) is 2.76. The van der Waals surface area contributed by atoms with Crippen molar-refractivity contribution in [2.24, 2.45) is 0 Å². The lowest BCUT2D eigenvalue weighted by molar-refractivity contribution is 0.0953. The van der Waals surface area contributed by atoms with E-state index in [2.05, 4.69) is 10.0 Å². The fourth-order valence-corrected chi connectivity index (χ4v) is 2.78. The van der Waals surface area contributed by atoms with Crippen LogP contribution in [0.5, 0.6) is 0 Å². The molecule has 0 fully saturated rings. The molecule has 1 aromatic carbocycles. The van der Waals surface area contributed by atoms with Crippen LogP contribution in [-0.4, -0.2) is 27.4 Å². The van der Waals surface area contributed by atoms with Gasteiger partial charge in [0.25, 0.3) is 5.91 Å². The molecule has 0 aliphatic rings. The number of amides is 1. The molecule has 2 N–H and O–H groups in total. The van der Waals surface area contributed by atoms with Gasteiger partial charge in [-0.25, -0.2) is 13.1 Å². The number of nitrogens with one attached hydrogen (secondary N) is 2. The summed E-state index contributed by atoms with van der Waals surface area (Å²) in [5, 5.41) is 2.77. The van der Waals surface area contributed by atoms with E-state index >= 15 is 0 Å². The maximum absolute atomic E-state index is 12.0. The highest BCUT2D eigenvalue weighted by atomic mass is 32.2. The third kappa shape index (κ3) is 4.94. The van der Waals surface area contributed by atoms with Crippen molar-refractivity contribution in [2.75, 3.05) is 13.1 Å². The molecule has 1 aromatic rings. The Labute approximate surface area is 120 Å². The maximum atomic E-state index is 12.0. The maximum Gasteiger partial charge on any atom is 0.251 e. The van der Waals surface area contributed by atoms with E-state index in [9.17, 15) is 13.2 Å². The molecule has 0 bridgehead atoms. The smallest absolute Gasteiger partial charge is 0.251 e. The Hall–Kier alpha value is -1.40. The van der Waals surface area contributed by atoms with Gasteiger partial charge in [-0.15, -0.1) is 0 Å². The number of hydrogen-bond acceptors (Lipinski definition) is 3. The summed E-state index contributed by atoms with van der Waals surface area (Å²) < 4.78 is 26.5. The van der Waals surface area contributed by atoms with Gasteiger partial charge in [-0.3, -0.25) is 4.79 Å². The first kappa shape index (κ1) is 16.7. The largest absolute Gasteiger partial charge is 0.352 e. The van der Waals surface area contributed by atoms with Crippen LogP contribution in [0.3, 0.4) is 0 Å². The van der Waals surface area contributed by atoms with Gasteiger partial charge in [0, 0.05) is 18.7 Å². The summed E-state index contributed by atoms with van der Waals surface area (Å²) >= 11 is 0. The molecule has 0 spiro atoms. The summed E-state index contributed by atoms with van der Waals surface area (Å²) in [6, 6.07) is 6.08. The van der Waals surface area contributed by atoms with Crippen LogP contribution in [-0.2, 0) is 10.0 Å². The lowest BCUT2D eigenvalue weighted by Crippen LogP contribution is -2.26. The Morgan fingerprint density at radius 1 is 1.15 bits per heavy atom. The minimum absolute atomic E-state index is 0.120. The van der Waals surface area contributed by atoms with Crippen molar-refractivity contribution in [3.63, 3.8) is 0 Å². The zero-order valence-electron chi connectivity index (χ0n) is 12.0. The molecule has 20 heavy (non-hydrogen) atoms. The fraction of sp³-hybridized carbons (Fsp3) is 0.500. The summed E-state index contributed by atoms with van der Waals surface area (Å²) in [4.78, 5) is 12.0. The molecular weight excluding hydrogens is 276 g/mol. The quantitative estimate of drug-likeness (QED) is 0.720. The first-order valence-electron chi connectivity index (χ1n) is 6.89. The van der Waals surface area contributed by atoms with Crippen molar-refractivity contribution in [1.82, 2.24) is 10.0 Å². The molecule has 0 aliphatic carbocycles. The molecule has 0 atom stereocenters. The van der Waals surface area contributed by atoms with Gasteiger partial charge in [-0.05, 0) is 31.0 Å². The van der Waals surface area contributed by atoms with Crippen molar-refractivity contribution in [1.29, 1.82) is 0 Å². The van der Waals surface area contributed by atoms with Gasteiger partial charge in [0.2, 0.25) is 10.0 Å². The molecule has 6 heteroatoms. The molecule has 0 radical (unpaired) electrons. The highest BCUT2D eigenvalue weighted by Crippen LogP contribution is 2.11. The number of rotatable bonds is 8. The van der Waals surface area contributed by atoms with Gasteiger partial charge in [0.1, 0.15) is 0 Å². The second-order valence-electron chi connectivity index (χ2n) is 4.54. The van der Waals surface area contributed by atoms with Crippen molar-refractivity contribution in [3.05, 3.63) is 29.8 Å². The van der Waals surface area contributed by atoms with Crippen LogP contribution in [0.1, 0.15) is 43.5 Å². The molecule has 112 valence electrons. The summed E-state index contributed by atoms with van der Waals surface area (Å²) in [7, 11) is -3.53. The van der Waals surface area contributed by atoms with Crippen LogP contribution in [0.15, 0.2) is 29.2 Å². The number of carbonyl (C=O) groups is 1. The zero-order valence-corrected chi connectivity index (χ0v) is 12.8. The van der Waals surface area contributed by atoms with Crippen LogP contribution in [0.25, 0.3) is 0 Å². The van der Waals surface area contributed by atoms with E-state index in [1.807, 2.05) is 13.8 Å². The predicted octanol–water partition coefficient (Wildman–Crippen LogP) is 1.90. The van der Waals surface area contributed by atoms with E-state index in [0.717, 1.165) is 19.3 Å². The van der Waals surface area contributed by atoms with Crippen molar-refractivity contribution >= 4 is 15.9 Å². The van der Waals surface area contributed by atoms with E-state index in [-0.39, 0.29) is 10.8 Å². The summed E-state index contributed by atoms with van der Waals surface area (Å²) in [5.41, 5.74) is 0.362. The molecule has 0 aromatic heterocycles. The Kier molecular flexibility index (Phi) is 6.67. The van der Waals surface area contributed by atoms with Gasteiger partial charge < -0.3 is 5.32 Å². The van der Waals surface area contributed by atoms with Crippen LogP contribution >= 0.6 is 0 Å². The van der Waals surface area contributed by atoms with Gasteiger partial charge in [0.05, 0.1) is 4.90 Å². The number of hydrogen-bond donors (Lipinski definition) is 2. The summed E-state index contributed by atoms with van der Waals surface area (Å²) in [5.74, 6) is -0.244. The average Bonchev–Trinajstić information content (AvgIpc) is 2.45. The Morgan fingerprint density at radius 3 is 2.55 bits per heavy atom. The molecule has 1 rings (SSSR count). The molecule has 0 saturated carbocycles. The second kappa shape index (κ2) is 8.01. The third-order valence-corrected chi connectivity index (χ3v) is 4.22. The molecule has 0 heterocycles. The minimum Gasteiger partial charge on any atom is -0.352 e. The number of unbranched alkanes of at least 4 members (excludes halogenated alkanes) is 1. The van der Waals surface area contributed by atoms with E-state index in [4.69, 9.17) is 0 Å². The first-order valence-corrected chi connectivity index (χ1v) is 8.37. The lowest BCUT2D eigenvalue weighted by atomic mass is 10.2. The highest BCUT2D eigenvalue weighted by molar-refractivity contribution is 7.89. The monoisotopic (exact) mass is 298 g/mol. The number of sulfonamides is 1. The lowest BCUT2D eigenvalue weighted by Gasteiger charge is -2.08. The van der Waals surface area contributed by atoms with Crippen LogP contribution in [0, 0.1) is 0 Å². The van der Waals surface area contributed by atoms with E-state index in [0.29, 0.717) is 18.7 Å². The Morgan fingerprint density at radius 2 is 1.90 bits per heavy atom. The summed E-state index contributed by atoms with van der Waals surface area (Å²) in [6.07, 6.45) is 2.62. The van der Waals surface area contributed by atoms with Crippen LogP contribution in [0.4, 0.5) is 0 Å². The van der Waals surface area contributed by atoms with Gasteiger partial charge >= 0.3 is 0 Å². The Balaban J connectivity index is 2.82. The molecule has 5 nitrogen and oxygen atoms in total. The number of carbonyl (C=O) groups excluding carboxylic acids is 1. The predicted molar refractivity (Wildman–Crippen MR) is 79.2 cm³/mol. The topological polar surface area (TPSA) is 75.3 Å².